The Bertz CT molecular complexity index is 411. The predicted molar refractivity (Wildman–Crippen MR) is 74.8 cm³/mol. The van der Waals surface area contributed by atoms with Crippen molar-refractivity contribution in [1.29, 1.82) is 0 Å². The molecule has 0 radical (unpaired) electrons. The van der Waals surface area contributed by atoms with Gasteiger partial charge in [-0.15, -0.1) is 0 Å². The van der Waals surface area contributed by atoms with Gasteiger partial charge in [0.05, 0.1) is 0 Å². The number of benzene rings is 1. The number of nitrogens with one attached hydrogen (secondary N) is 1. The number of para-hydroxylation sites is 1. The predicted octanol–water partition coefficient (Wildman–Crippen LogP) is 2.49. The number of rotatable bonds is 3. The van der Waals surface area contributed by atoms with Crippen LogP contribution in [0, 0.1) is 6.92 Å². The van der Waals surface area contributed by atoms with Crippen LogP contribution < -0.4 is 10.2 Å². The summed E-state index contributed by atoms with van der Waals surface area (Å²) in [7, 11) is 1.87. The van der Waals surface area contributed by atoms with Gasteiger partial charge >= 0.3 is 0 Å². The highest BCUT2D eigenvalue weighted by atomic mass is 16.2. The van der Waals surface area contributed by atoms with Gasteiger partial charge in [0.15, 0.2) is 0 Å². The molecule has 1 aromatic rings. The molecule has 3 nitrogen and oxygen atoms in total. The van der Waals surface area contributed by atoms with Crippen molar-refractivity contribution in [2.45, 2.75) is 38.6 Å². The summed E-state index contributed by atoms with van der Waals surface area (Å²) in [5.74, 6) is 0.198. The summed E-state index contributed by atoms with van der Waals surface area (Å²) < 4.78 is 0. The van der Waals surface area contributed by atoms with Crippen molar-refractivity contribution in [3.05, 3.63) is 29.8 Å². The van der Waals surface area contributed by atoms with E-state index in [4.69, 9.17) is 0 Å². The van der Waals surface area contributed by atoms with Gasteiger partial charge in [-0.05, 0) is 37.9 Å². The minimum Gasteiger partial charge on any atom is -0.315 e. The highest BCUT2D eigenvalue weighted by molar-refractivity contribution is 5.93. The van der Waals surface area contributed by atoms with E-state index in [-0.39, 0.29) is 5.91 Å². The first-order chi connectivity index (χ1) is 8.68. The van der Waals surface area contributed by atoms with Crippen molar-refractivity contribution < 1.29 is 4.79 Å². The van der Waals surface area contributed by atoms with Gasteiger partial charge in [-0.2, -0.15) is 0 Å². The molecule has 2 rings (SSSR count). The van der Waals surface area contributed by atoms with Crippen LogP contribution in [0.3, 0.4) is 0 Å². The molecular formula is C15H22N2O. The molecule has 1 N–H and O–H groups in total. The smallest absolute Gasteiger partial charge is 0.228 e. The van der Waals surface area contributed by atoms with Crippen LogP contribution in [0.5, 0.6) is 0 Å². The van der Waals surface area contributed by atoms with Gasteiger partial charge in [-0.1, -0.05) is 24.6 Å². The third-order valence-electron chi connectivity index (χ3n) is 3.68. The van der Waals surface area contributed by atoms with E-state index >= 15 is 0 Å². The molecule has 0 aliphatic carbocycles. The number of aryl methyl sites for hydroxylation is 1. The molecule has 1 aliphatic rings. The van der Waals surface area contributed by atoms with Crippen LogP contribution in [0.4, 0.5) is 5.69 Å². The fourth-order valence-electron chi connectivity index (χ4n) is 2.52. The van der Waals surface area contributed by atoms with Crippen LogP contribution in [0.25, 0.3) is 0 Å². The van der Waals surface area contributed by atoms with Crippen LogP contribution in [0.2, 0.25) is 0 Å². The number of carbonyl (C=O) groups is 1. The normalized spacial score (nSPS) is 19.6. The summed E-state index contributed by atoms with van der Waals surface area (Å²) in [6.07, 6.45) is 4.19. The molecule has 98 valence electrons. The topological polar surface area (TPSA) is 32.3 Å². The van der Waals surface area contributed by atoms with Crippen LogP contribution in [0.1, 0.15) is 31.2 Å². The largest absolute Gasteiger partial charge is 0.315 e. The van der Waals surface area contributed by atoms with Gasteiger partial charge < -0.3 is 10.2 Å². The Morgan fingerprint density at radius 2 is 2.17 bits per heavy atom. The Labute approximate surface area is 109 Å². The van der Waals surface area contributed by atoms with Crippen molar-refractivity contribution in [2.24, 2.45) is 0 Å². The fourth-order valence-corrected chi connectivity index (χ4v) is 2.52. The maximum atomic E-state index is 12.2. The van der Waals surface area contributed by atoms with Gasteiger partial charge in [-0.25, -0.2) is 0 Å². The number of hydrogen-bond acceptors (Lipinski definition) is 2. The zero-order valence-corrected chi connectivity index (χ0v) is 11.3. The second kappa shape index (κ2) is 6.01. The molecule has 1 atom stereocenters. The standard InChI is InChI=1S/C15H22N2O/c1-12-7-3-4-9-14(12)17(2)15(18)11-13-8-5-6-10-16-13/h3-4,7,9,13,16H,5-6,8,10-11H2,1-2H3. The van der Waals surface area contributed by atoms with E-state index in [9.17, 15) is 4.79 Å². The van der Waals surface area contributed by atoms with Crippen molar-refractivity contribution in [3.8, 4) is 0 Å². The molecule has 0 aromatic heterocycles. The lowest BCUT2D eigenvalue weighted by Crippen LogP contribution is -2.39. The molecule has 1 fully saturated rings. The Morgan fingerprint density at radius 3 is 2.83 bits per heavy atom. The van der Waals surface area contributed by atoms with Gasteiger partial charge in [0, 0.05) is 25.2 Å². The lowest BCUT2D eigenvalue weighted by molar-refractivity contribution is -0.118. The molecule has 1 saturated heterocycles. The van der Waals surface area contributed by atoms with Gasteiger partial charge in [0.2, 0.25) is 5.91 Å². The van der Waals surface area contributed by atoms with Crippen molar-refractivity contribution in [1.82, 2.24) is 5.32 Å². The molecule has 18 heavy (non-hydrogen) atoms. The van der Waals surface area contributed by atoms with E-state index in [2.05, 4.69) is 5.32 Å². The molecule has 1 aromatic carbocycles. The van der Waals surface area contributed by atoms with E-state index in [1.165, 1.54) is 12.8 Å². The van der Waals surface area contributed by atoms with E-state index in [1.807, 2.05) is 38.2 Å². The van der Waals surface area contributed by atoms with Crippen molar-refractivity contribution >= 4 is 11.6 Å². The minimum absolute atomic E-state index is 0.198. The number of piperidine rings is 1. The molecule has 1 aliphatic heterocycles. The van der Waals surface area contributed by atoms with Crippen molar-refractivity contribution in [3.63, 3.8) is 0 Å². The fraction of sp³-hybridized carbons (Fsp3) is 0.533. The van der Waals surface area contributed by atoms with Crippen LogP contribution in [0.15, 0.2) is 24.3 Å². The lowest BCUT2D eigenvalue weighted by atomic mass is 10.0. The summed E-state index contributed by atoms with van der Waals surface area (Å²) in [6, 6.07) is 8.38. The van der Waals surface area contributed by atoms with E-state index < -0.39 is 0 Å². The molecule has 0 saturated carbocycles. The Kier molecular flexibility index (Phi) is 4.37. The Morgan fingerprint density at radius 1 is 1.39 bits per heavy atom. The first kappa shape index (κ1) is 13.1. The molecule has 1 amide bonds. The Balaban J connectivity index is 1.98. The molecule has 1 unspecified atom stereocenters. The number of amides is 1. The third-order valence-corrected chi connectivity index (χ3v) is 3.68. The Hall–Kier alpha value is -1.35. The van der Waals surface area contributed by atoms with Gasteiger partial charge in [-0.3, -0.25) is 4.79 Å². The zero-order chi connectivity index (χ0) is 13.0. The summed E-state index contributed by atoms with van der Waals surface area (Å²) in [4.78, 5) is 14.0. The van der Waals surface area contributed by atoms with E-state index in [0.29, 0.717) is 12.5 Å². The summed E-state index contributed by atoms with van der Waals surface area (Å²) >= 11 is 0. The SMILES string of the molecule is Cc1ccccc1N(C)C(=O)CC1CCCCN1. The number of hydrogen-bond donors (Lipinski definition) is 1. The number of nitrogens with zero attached hydrogens (tertiary/aromatic N) is 1. The maximum Gasteiger partial charge on any atom is 0.228 e. The van der Waals surface area contributed by atoms with Crippen LogP contribution in [-0.4, -0.2) is 25.5 Å². The summed E-state index contributed by atoms with van der Waals surface area (Å²) in [5.41, 5.74) is 2.16. The van der Waals surface area contributed by atoms with Crippen LogP contribution in [-0.2, 0) is 4.79 Å². The van der Waals surface area contributed by atoms with Gasteiger partial charge in [0.1, 0.15) is 0 Å². The zero-order valence-electron chi connectivity index (χ0n) is 11.3. The van der Waals surface area contributed by atoms with Gasteiger partial charge in [0.25, 0.3) is 0 Å². The molecule has 3 heteroatoms. The molecule has 0 bridgehead atoms. The number of anilines is 1. The minimum atomic E-state index is 0.198. The lowest BCUT2D eigenvalue weighted by Gasteiger charge is -2.26. The number of carbonyl (C=O) groups excluding carboxylic acids is 1. The summed E-state index contributed by atoms with van der Waals surface area (Å²) in [5, 5.41) is 3.42. The molecule has 0 spiro atoms. The quantitative estimate of drug-likeness (QED) is 0.888. The second-order valence-electron chi connectivity index (χ2n) is 5.09. The van der Waals surface area contributed by atoms with Crippen molar-refractivity contribution in [2.75, 3.05) is 18.5 Å². The van der Waals surface area contributed by atoms with E-state index in [0.717, 1.165) is 24.2 Å². The van der Waals surface area contributed by atoms with E-state index in [1.54, 1.807) is 4.90 Å². The molecular weight excluding hydrogens is 224 g/mol. The average Bonchev–Trinajstić information content (AvgIpc) is 2.39. The molecule has 1 heterocycles. The highest BCUT2D eigenvalue weighted by Gasteiger charge is 2.19. The third kappa shape index (κ3) is 3.10. The second-order valence-corrected chi connectivity index (χ2v) is 5.09. The maximum absolute atomic E-state index is 12.2. The summed E-state index contributed by atoms with van der Waals surface area (Å²) in [6.45, 7) is 3.09. The first-order valence-corrected chi connectivity index (χ1v) is 6.74. The first-order valence-electron chi connectivity index (χ1n) is 6.74. The highest BCUT2D eigenvalue weighted by Crippen LogP contribution is 2.20. The average molecular weight is 246 g/mol. The van der Waals surface area contributed by atoms with Crippen LogP contribution >= 0.6 is 0 Å². The monoisotopic (exact) mass is 246 g/mol.